The van der Waals surface area contributed by atoms with Crippen LogP contribution in [0.25, 0.3) is 0 Å². The van der Waals surface area contributed by atoms with Gasteiger partial charge < -0.3 is 21.3 Å². The van der Waals surface area contributed by atoms with Crippen LogP contribution in [0, 0.1) is 23.2 Å². The minimum Gasteiger partial charge on any atom is -0.397 e. The number of benzene rings is 1. The summed E-state index contributed by atoms with van der Waals surface area (Å²) in [4.78, 5) is 12.3. The number of hydrogen-bond donors (Lipinski definition) is 4. The third-order valence-corrected chi connectivity index (χ3v) is 9.35. The van der Waals surface area contributed by atoms with Gasteiger partial charge in [0.2, 0.25) is 5.91 Å². The third kappa shape index (κ3) is 6.41. The standard InChI is InChI=1S/C31H46N2O3/c1-21(8-3-6-12-30(36)33-29-11-5-4-10-28(29)32)26-15-16-27-23(9-7-17-31(26,27)2)14-13-22-18-24(34)20-25(35)19-22/h4-5,10-11,13-14,21,24-27,34-35H,3,6-9,12,15-20,32H2,1-2H3,(H,33,36)/b22-13?,23-14+/t21-,24-,25+,26+,27?,31+/m0/s1. The Morgan fingerprint density at radius 3 is 2.67 bits per heavy atom. The number of rotatable bonds is 8. The molecular formula is C31H46N2O3. The molecule has 0 spiro atoms. The van der Waals surface area contributed by atoms with Crippen LogP contribution >= 0.6 is 0 Å². The number of fused-ring (bicyclic) bond motifs is 1. The lowest BCUT2D eigenvalue weighted by atomic mass is 9.60. The number of aliphatic hydroxyl groups is 2. The van der Waals surface area contributed by atoms with E-state index in [1.165, 1.54) is 44.1 Å². The molecule has 36 heavy (non-hydrogen) atoms. The summed E-state index contributed by atoms with van der Waals surface area (Å²) < 4.78 is 0. The molecule has 5 heteroatoms. The molecular weight excluding hydrogens is 448 g/mol. The molecule has 1 unspecified atom stereocenters. The summed E-state index contributed by atoms with van der Waals surface area (Å²) in [7, 11) is 0. The van der Waals surface area contributed by atoms with Crippen molar-refractivity contribution in [2.75, 3.05) is 11.1 Å². The largest absolute Gasteiger partial charge is 0.397 e. The molecule has 1 aromatic carbocycles. The number of nitrogen functional groups attached to an aromatic ring is 1. The van der Waals surface area contributed by atoms with E-state index in [9.17, 15) is 15.0 Å². The molecule has 3 aliphatic carbocycles. The zero-order valence-electron chi connectivity index (χ0n) is 22.2. The Balaban J connectivity index is 1.28. The Morgan fingerprint density at radius 1 is 1.17 bits per heavy atom. The van der Waals surface area contributed by atoms with Crippen molar-refractivity contribution in [1.82, 2.24) is 0 Å². The van der Waals surface area contributed by atoms with E-state index in [-0.39, 0.29) is 5.91 Å². The highest BCUT2D eigenvalue weighted by molar-refractivity contribution is 5.93. The molecule has 5 N–H and O–H groups in total. The lowest BCUT2D eigenvalue weighted by Crippen LogP contribution is -2.36. The van der Waals surface area contributed by atoms with E-state index < -0.39 is 12.2 Å². The van der Waals surface area contributed by atoms with Crippen molar-refractivity contribution in [3.8, 4) is 0 Å². The average Bonchev–Trinajstić information content (AvgIpc) is 3.19. The van der Waals surface area contributed by atoms with Gasteiger partial charge in [-0.1, -0.05) is 62.1 Å². The minimum absolute atomic E-state index is 0.0441. The second kappa shape index (κ2) is 12.0. The number of carbonyl (C=O) groups excluding carboxylic acids is 1. The van der Waals surface area contributed by atoms with Gasteiger partial charge in [0.05, 0.1) is 23.6 Å². The van der Waals surface area contributed by atoms with Gasteiger partial charge >= 0.3 is 0 Å². The first kappa shape index (κ1) is 26.9. The van der Waals surface area contributed by atoms with Crippen LogP contribution in [0.3, 0.4) is 0 Å². The van der Waals surface area contributed by atoms with Crippen LogP contribution in [0.15, 0.2) is 47.6 Å². The number of carbonyl (C=O) groups is 1. The number of para-hydroxylation sites is 2. The van der Waals surface area contributed by atoms with Crippen LogP contribution in [0.5, 0.6) is 0 Å². The van der Waals surface area contributed by atoms with Gasteiger partial charge in [-0.15, -0.1) is 0 Å². The number of anilines is 2. The van der Waals surface area contributed by atoms with E-state index in [1.54, 1.807) is 11.6 Å². The molecule has 0 bridgehead atoms. The van der Waals surface area contributed by atoms with E-state index in [2.05, 4.69) is 31.3 Å². The fourth-order valence-electron chi connectivity index (χ4n) is 7.52. The predicted molar refractivity (Wildman–Crippen MR) is 147 cm³/mol. The Morgan fingerprint density at radius 2 is 1.92 bits per heavy atom. The van der Waals surface area contributed by atoms with E-state index in [0.29, 0.717) is 54.3 Å². The zero-order chi connectivity index (χ0) is 25.7. The smallest absolute Gasteiger partial charge is 0.224 e. The van der Waals surface area contributed by atoms with Crippen molar-refractivity contribution in [2.45, 2.75) is 103 Å². The van der Waals surface area contributed by atoms with Gasteiger partial charge in [0.15, 0.2) is 0 Å². The summed E-state index contributed by atoms with van der Waals surface area (Å²) in [5, 5.41) is 23.0. The average molecular weight is 495 g/mol. The molecule has 3 saturated carbocycles. The number of allylic oxidation sites excluding steroid dienone is 3. The molecule has 0 radical (unpaired) electrons. The van der Waals surface area contributed by atoms with Gasteiger partial charge in [0, 0.05) is 6.42 Å². The molecule has 0 aliphatic heterocycles. The Labute approximate surface area is 217 Å². The SMILES string of the molecule is C[C@@H](CCCCC(=O)Nc1ccccc1N)[C@H]1CCC2/C(=C/C=C3C[C@@H](O)C[C@@H](O)C3)CCC[C@@]21C. The highest BCUT2D eigenvalue weighted by Crippen LogP contribution is 2.59. The zero-order valence-corrected chi connectivity index (χ0v) is 22.2. The van der Waals surface area contributed by atoms with Crippen molar-refractivity contribution in [3.05, 3.63) is 47.6 Å². The monoisotopic (exact) mass is 494 g/mol. The van der Waals surface area contributed by atoms with E-state index in [0.717, 1.165) is 18.8 Å². The second-order valence-electron chi connectivity index (χ2n) is 12.0. The van der Waals surface area contributed by atoms with Crippen molar-refractivity contribution in [3.63, 3.8) is 0 Å². The molecule has 0 aromatic heterocycles. The summed E-state index contributed by atoms with van der Waals surface area (Å²) >= 11 is 0. The van der Waals surface area contributed by atoms with Crippen LogP contribution in [0.4, 0.5) is 11.4 Å². The number of nitrogens with two attached hydrogens (primary N) is 1. The first-order valence-electron chi connectivity index (χ1n) is 14.1. The topological polar surface area (TPSA) is 95.6 Å². The lowest BCUT2D eigenvalue weighted by molar-refractivity contribution is -0.116. The van der Waals surface area contributed by atoms with Crippen LogP contribution in [-0.2, 0) is 4.79 Å². The molecule has 6 atom stereocenters. The van der Waals surface area contributed by atoms with Crippen molar-refractivity contribution in [2.24, 2.45) is 23.2 Å². The Hall–Kier alpha value is -2.11. The van der Waals surface area contributed by atoms with E-state index in [1.807, 2.05) is 18.2 Å². The van der Waals surface area contributed by atoms with Crippen LogP contribution in [-0.4, -0.2) is 28.3 Å². The molecule has 1 amide bonds. The molecule has 3 aliphatic rings. The summed E-state index contributed by atoms with van der Waals surface area (Å²) in [6, 6.07) is 7.41. The minimum atomic E-state index is -0.408. The maximum absolute atomic E-state index is 12.3. The van der Waals surface area contributed by atoms with Gasteiger partial charge in [-0.25, -0.2) is 0 Å². The fraction of sp³-hybridized carbons (Fsp3) is 0.645. The van der Waals surface area contributed by atoms with Crippen LogP contribution in [0.2, 0.25) is 0 Å². The maximum Gasteiger partial charge on any atom is 0.224 e. The normalized spacial score (nSPS) is 33.4. The van der Waals surface area contributed by atoms with Gasteiger partial charge in [-0.2, -0.15) is 0 Å². The molecule has 1 aromatic rings. The first-order valence-corrected chi connectivity index (χ1v) is 14.1. The van der Waals surface area contributed by atoms with Gasteiger partial charge in [-0.3, -0.25) is 4.79 Å². The fourth-order valence-corrected chi connectivity index (χ4v) is 7.52. The first-order chi connectivity index (χ1) is 17.3. The third-order valence-electron chi connectivity index (χ3n) is 9.35. The molecule has 4 rings (SSSR count). The van der Waals surface area contributed by atoms with Crippen LogP contribution in [0.1, 0.15) is 90.9 Å². The summed E-state index contributed by atoms with van der Waals surface area (Å²) in [5.41, 5.74) is 10.4. The molecule has 3 fully saturated rings. The van der Waals surface area contributed by atoms with E-state index in [4.69, 9.17) is 5.73 Å². The summed E-state index contributed by atoms with van der Waals surface area (Å²) in [6.45, 7) is 4.95. The lowest BCUT2D eigenvalue weighted by Gasteiger charge is -2.44. The van der Waals surface area contributed by atoms with Crippen LogP contribution < -0.4 is 11.1 Å². The summed E-state index contributed by atoms with van der Waals surface area (Å²) in [6.07, 6.45) is 15.6. The molecule has 0 heterocycles. The Bertz CT molecular complexity index is 958. The van der Waals surface area contributed by atoms with Gasteiger partial charge in [0.1, 0.15) is 0 Å². The summed E-state index contributed by atoms with van der Waals surface area (Å²) in [5.74, 6) is 2.09. The van der Waals surface area contributed by atoms with Crippen molar-refractivity contribution < 1.29 is 15.0 Å². The number of aliphatic hydroxyl groups excluding tert-OH is 2. The number of nitrogens with one attached hydrogen (secondary N) is 1. The second-order valence-corrected chi connectivity index (χ2v) is 12.0. The molecule has 0 saturated heterocycles. The number of amides is 1. The highest BCUT2D eigenvalue weighted by Gasteiger charge is 2.50. The number of unbranched alkanes of at least 4 members (excludes halogenated alkanes) is 1. The number of hydrogen-bond acceptors (Lipinski definition) is 4. The molecule has 5 nitrogen and oxygen atoms in total. The van der Waals surface area contributed by atoms with Gasteiger partial charge in [-0.05, 0) is 93.1 Å². The highest BCUT2D eigenvalue weighted by atomic mass is 16.3. The Kier molecular flexibility index (Phi) is 8.95. The molecule has 198 valence electrons. The van der Waals surface area contributed by atoms with Crippen molar-refractivity contribution in [1.29, 1.82) is 0 Å². The predicted octanol–water partition coefficient (Wildman–Crippen LogP) is 6.38. The van der Waals surface area contributed by atoms with Gasteiger partial charge in [0.25, 0.3) is 0 Å². The van der Waals surface area contributed by atoms with E-state index >= 15 is 0 Å². The maximum atomic E-state index is 12.3. The quantitative estimate of drug-likeness (QED) is 0.249. The van der Waals surface area contributed by atoms with Crippen molar-refractivity contribution >= 4 is 17.3 Å².